The molecule has 3 rings (SSSR count). The summed E-state index contributed by atoms with van der Waals surface area (Å²) < 4.78 is 14.4. The van der Waals surface area contributed by atoms with Crippen LogP contribution in [0.15, 0.2) is 57.6 Å². The first kappa shape index (κ1) is 18.7. The highest BCUT2D eigenvalue weighted by Gasteiger charge is 2.25. The number of amides is 1. The molecule has 0 fully saturated rings. The molecule has 0 bridgehead atoms. The van der Waals surface area contributed by atoms with Crippen molar-refractivity contribution >= 4 is 40.3 Å². The molecule has 1 aliphatic heterocycles. The second kappa shape index (κ2) is 7.67. The average molecular weight is 387 g/mol. The molecule has 27 heavy (non-hydrogen) atoms. The zero-order valence-electron chi connectivity index (χ0n) is 14.6. The molecule has 1 N–H and O–H groups in total. The number of hydrogen-bond donors (Lipinski definition) is 1. The third-order valence-corrected chi connectivity index (χ3v) is 4.20. The molecule has 138 valence electrons. The van der Waals surface area contributed by atoms with Crippen molar-refractivity contribution in [3.8, 4) is 0 Å². The van der Waals surface area contributed by atoms with Crippen molar-refractivity contribution < 1.29 is 14.4 Å². The van der Waals surface area contributed by atoms with Gasteiger partial charge in [-0.3, -0.25) is 9.79 Å². The minimum atomic E-state index is -0.517. The molecule has 8 heteroatoms. The lowest BCUT2D eigenvalue weighted by molar-refractivity contribution is -0.121. The van der Waals surface area contributed by atoms with Crippen LogP contribution in [-0.2, 0) is 4.79 Å². The summed E-state index contributed by atoms with van der Waals surface area (Å²) in [6.07, 6.45) is 0. The lowest BCUT2D eigenvalue weighted by Gasteiger charge is -2.11. The van der Waals surface area contributed by atoms with E-state index in [1.165, 1.54) is 25.1 Å². The van der Waals surface area contributed by atoms with Crippen LogP contribution >= 0.6 is 11.6 Å². The highest BCUT2D eigenvalue weighted by Crippen LogP contribution is 2.29. The van der Waals surface area contributed by atoms with Gasteiger partial charge in [-0.2, -0.15) is 0 Å². The van der Waals surface area contributed by atoms with Crippen LogP contribution in [0.4, 0.5) is 10.1 Å². The van der Waals surface area contributed by atoms with E-state index in [0.29, 0.717) is 27.5 Å². The summed E-state index contributed by atoms with van der Waals surface area (Å²) in [6, 6.07) is 11.2. The average Bonchev–Trinajstić information content (AvgIpc) is 2.82. The van der Waals surface area contributed by atoms with Crippen molar-refractivity contribution in [2.45, 2.75) is 0 Å². The molecule has 0 radical (unpaired) electrons. The highest BCUT2D eigenvalue weighted by atomic mass is 35.5. The van der Waals surface area contributed by atoms with Crippen LogP contribution in [0, 0.1) is 5.82 Å². The Bertz CT molecular complexity index is 999. The Kier molecular flexibility index (Phi) is 5.32. The second-order valence-corrected chi connectivity index (χ2v) is 6.45. The number of carbonyl (C=O) groups excluding carboxylic acids is 1. The van der Waals surface area contributed by atoms with Gasteiger partial charge in [-0.1, -0.05) is 28.9 Å². The van der Waals surface area contributed by atoms with Crippen molar-refractivity contribution in [3.05, 3.63) is 64.4 Å². The summed E-state index contributed by atoms with van der Waals surface area (Å²) in [5.41, 5.74) is 1.57. The van der Waals surface area contributed by atoms with Crippen molar-refractivity contribution in [1.82, 2.24) is 4.90 Å². The van der Waals surface area contributed by atoms with Gasteiger partial charge in [0.2, 0.25) is 0 Å². The van der Waals surface area contributed by atoms with Crippen LogP contribution in [0.5, 0.6) is 0 Å². The Morgan fingerprint density at radius 2 is 1.96 bits per heavy atom. The molecule has 0 unspecified atom stereocenters. The molecule has 0 saturated carbocycles. The van der Waals surface area contributed by atoms with Gasteiger partial charge in [0.15, 0.2) is 5.71 Å². The number of hydrogen-bond acceptors (Lipinski definition) is 5. The molecule has 0 atom stereocenters. The van der Waals surface area contributed by atoms with Gasteiger partial charge in [0.05, 0.1) is 23.7 Å². The van der Waals surface area contributed by atoms with Crippen molar-refractivity contribution in [2.24, 2.45) is 15.1 Å². The predicted molar refractivity (Wildman–Crippen MR) is 103 cm³/mol. The first-order valence-corrected chi connectivity index (χ1v) is 8.41. The Labute approximate surface area is 160 Å². The number of halogens is 2. The maximum atomic E-state index is 14.4. The molecule has 2 aromatic carbocycles. The number of nitrogens with zero attached hydrogens (tertiary/aromatic N) is 4. The molecule has 2 aromatic rings. The molecule has 1 aliphatic rings. The summed E-state index contributed by atoms with van der Waals surface area (Å²) >= 11 is 6.12. The quantitative estimate of drug-likeness (QED) is 0.499. The van der Waals surface area contributed by atoms with E-state index < -0.39 is 11.7 Å². The first-order valence-electron chi connectivity index (χ1n) is 8.03. The molecular weight excluding hydrogens is 371 g/mol. The fourth-order valence-corrected chi connectivity index (χ4v) is 2.83. The number of benzene rings is 2. The molecule has 0 aliphatic carbocycles. The van der Waals surface area contributed by atoms with Crippen LogP contribution in [0.1, 0.15) is 11.1 Å². The van der Waals surface area contributed by atoms with Gasteiger partial charge in [0.1, 0.15) is 5.82 Å². The van der Waals surface area contributed by atoms with Gasteiger partial charge in [-0.15, -0.1) is 0 Å². The van der Waals surface area contributed by atoms with Gasteiger partial charge in [-0.05, 0) is 30.3 Å². The number of fused-ring (bicyclic) bond motifs is 1. The summed E-state index contributed by atoms with van der Waals surface area (Å²) in [7, 11) is 3.07. The van der Waals surface area contributed by atoms with E-state index in [1.54, 1.807) is 36.4 Å². The Balaban J connectivity index is 2.19. The van der Waals surface area contributed by atoms with Crippen molar-refractivity contribution in [3.63, 3.8) is 0 Å². The Morgan fingerprint density at radius 1 is 1.22 bits per heavy atom. The van der Waals surface area contributed by atoms with Crippen molar-refractivity contribution in [2.75, 3.05) is 20.6 Å². The number of aliphatic imine (C=N–C) groups is 2. The van der Waals surface area contributed by atoms with E-state index in [9.17, 15) is 14.4 Å². The normalized spacial score (nSPS) is 14.0. The molecular formula is C19H16ClFN4O2. The Morgan fingerprint density at radius 3 is 2.63 bits per heavy atom. The van der Waals surface area contributed by atoms with Gasteiger partial charge in [0, 0.05) is 30.2 Å². The largest absolute Gasteiger partial charge is 0.410 e. The van der Waals surface area contributed by atoms with Crippen LogP contribution in [0.3, 0.4) is 0 Å². The van der Waals surface area contributed by atoms with E-state index >= 15 is 0 Å². The van der Waals surface area contributed by atoms with Gasteiger partial charge in [0.25, 0.3) is 5.91 Å². The predicted octanol–water partition coefficient (Wildman–Crippen LogP) is 3.32. The topological polar surface area (TPSA) is 77.6 Å². The lowest BCUT2D eigenvalue weighted by atomic mass is 10.0. The minimum Gasteiger partial charge on any atom is -0.410 e. The van der Waals surface area contributed by atoms with Crippen LogP contribution in [0.2, 0.25) is 5.02 Å². The Hall–Kier alpha value is -3.06. The highest BCUT2D eigenvalue weighted by molar-refractivity contribution is 6.67. The lowest BCUT2D eigenvalue weighted by Crippen LogP contribution is -2.36. The maximum Gasteiger partial charge on any atom is 0.277 e. The molecule has 0 spiro atoms. The SMILES string of the molecule is CN(C)C(=O)/C(=N/O)C1=Nc2ccc(Cl)cc2C(c2ccccc2F)=NC1. The second-order valence-electron chi connectivity index (χ2n) is 6.01. The summed E-state index contributed by atoms with van der Waals surface area (Å²) in [6.45, 7) is -0.0606. The molecule has 0 aromatic heterocycles. The number of carbonyl (C=O) groups is 1. The number of rotatable bonds is 3. The van der Waals surface area contributed by atoms with Crippen LogP contribution in [0.25, 0.3) is 0 Å². The van der Waals surface area contributed by atoms with Crippen LogP contribution < -0.4 is 0 Å². The molecule has 1 amide bonds. The number of oxime groups is 1. The fraction of sp³-hybridized carbons (Fsp3) is 0.158. The van der Waals surface area contributed by atoms with Crippen molar-refractivity contribution in [1.29, 1.82) is 0 Å². The van der Waals surface area contributed by atoms with Gasteiger partial charge in [-0.25, -0.2) is 9.38 Å². The van der Waals surface area contributed by atoms with E-state index in [0.717, 1.165) is 0 Å². The summed E-state index contributed by atoms with van der Waals surface area (Å²) in [5.74, 6) is -0.956. The summed E-state index contributed by atoms with van der Waals surface area (Å²) in [4.78, 5) is 22.4. The zero-order chi connectivity index (χ0) is 19.6. The van der Waals surface area contributed by atoms with Crippen LogP contribution in [-0.4, -0.2) is 53.8 Å². The van der Waals surface area contributed by atoms with E-state index in [1.807, 2.05) is 0 Å². The van der Waals surface area contributed by atoms with E-state index in [4.69, 9.17) is 11.6 Å². The first-order chi connectivity index (χ1) is 12.9. The van der Waals surface area contributed by atoms with E-state index in [-0.39, 0.29) is 18.0 Å². The molecule has 6 nitrogen and oxygen atoms in total. The monoisotopic (exact) mass is 386 g/mol. The smallest absolute Gasteiger partial charge is 0.277 e. The third kappa shape index (κ3) is 3.73. The summed E-state index contributed by atoms with van der Waals surface area (Å²) in [5, 5.41) is 12.9. The molecule has 1 heterocycles. The standard InChI is InChI=1S/C19H16ClFN4O2/c1-25(2)19(26)18(24-27)16-10-22-17(12-5-3-4-6-14(12)21)13-9-11(20)7-8-15(13)23-16/h3-9,27H,10H2,1-2H3/b24-18+. The van der Waals surface area contributed by atoms with Gasteiger partial charge < -0.3 is 10.1 Å². The van der Waals surface area contributed by atoms with Gasteiger partial charge >= 0.3 is 0 Å². The maximum absolute atomic E-state index is 14.4. The molecule has 0 saturated heterocycles. The van der Waals surface area contributed by atoms with E-state index in [2.05, 4.69) is 15.1 Å². The zero-order valence-corrected chi connectivity index (χ0v) is 15.4. The third-order valence-electron chi connectivity index (χ3n) is 3.97. The fourth-order valence-electron chi connectivity index (χ4n) is 2.66. The minimum absolute atomic E-state index is 0.0606.